The summed E-state index contributed by atoms with van der Waals surface area (Å²) in [5.74, 6) is -0.0765. The summed E-state index contributed by atoms with van der Waals surface area (Å²) in [6.45, 7) is 0. The number of ether oxygens (including phenoxy) is 1. The number of anilines is 1. The summed E-state index contributed by atoms with van der Waals surface area (Å²) in [6.07, 6.45) is 2.80. The van der Waals surface area contributed by atoms with Crippen molar-refractivity contribution in [1.29, 1.82) is 0 Å². The highest BCUT2D eigenvalue weighted by Crippen LogP contribution is 2.25. The fraction of sp³-hybridized carbons (Fsp3) is 0.0556. The van der Waals surface area contributed by atoms with Gasteiger partial charge in [0, 0.05) is 11.6 Å². The van der Waals surface area contributed by atoms with Gasteiger partial charge < -0.3 is 20.0 Å². The fourth-order valence-electron chi connectivity index (χ4n) is 2.24. The summed E-state index contributed by atoms with van der Waals surface area (Å²) in [4.78, 5) is 19.9. The van der Waals surface area contributed by atoms with Crippen LogP contribution in [0.25, 0.3) is 4.72 Å². The molecule has 1 heterocycles. The Morgan fingerprint density at radius 3 is 2.33 bits per heavy atom. The molecule has 3 aromatic rings. The maximum Gasteiger partial charge on any atom is 0.259 e. The molecule has 0 fully saturated rings. The molecule has 0 aliphatic heterocycles. The lowest BCUT2D eigenvalue weighted by molar-refractivity contribution is 0.102. The molecule has 0 saturated heterocycles. The van der Waals surface area contributed by atoms with Crippen LogP contribution in [0.1, 0.15) is 10.4 Å². The molecule has 138 valence electrons. The van der Waals surface area contributed by atoms with Crippen molar-refractivity contribution in [3.63, 3.8) is 0 Å². The Morgan fingerprint density at radius 1 is 1.00 bits per heavy atom. The molecule has 0 spiro atoms. The molecular weight excluding hydrogens is 368 g/mol. The number of aromatic nitrogens is 2. The molecular formula is C18H15N4O4S-. The molecule has 0 bridgehead atoms. The smallest absolute Gasteiger partial charge is 0.259 e. The van der Waals surface area contributed by atoms with Crippen molar-refractivity contribution in [3.05, 3.63) is 77.3 Å². The van der Waals surface area contributed by atoms with Gasteiger partial charge in [-0.3, -0.25) is 9.52 Å². The van der Waals surface area contributed by atoms with Crippen molar-refractivity contribution in [2.75, 3.05) is 12.4 Å². The van der Waals surface area contributed by atoms with E-state index in [9.17, 15) is 13.2 Å². The van der Waals surface area contributed by atoms with Crippen molar-refractivity contribution in [3.8, 4) is 5.75 Å². The lowest BCUT2D eigenvalue weighted by Gasteiger charge is -2.13. The number of para-hydroxylation sites is 1. The molecule has 1 aromatic heterocycles. The Morgan fingerprint density at radius 2 is 1.67 bits per heavy atom. The molecule has 0 atom stereocenters. The van der Waals surface area contributed by atoms with Crippen molar-refractivity contribution >= 4 is 27.6 Å². The van der Waals surface area contributed by atoms with Gasteiger partial charge in [-0.2, -0.15) is 0 Å². The Labute approximate surface area is 156 Å². The number of methoxy groups -OCH3 is 1. The predicted octanol–water partition coefficient (Wildman–Crippen LogP) is 3.13. The molecule has 0 saturated carbocycles. The molecule has 0 unspecified atom stereocenters. The largest absolute Gasteiger partial charge is 0.496 e. The summed E-state index contributed by atoms with van der Waals surface area (Å²) in [6, 6.07) is 14.0. The van der Waals surface area contributed by atoms with Crippen LogP contribution in [-0.2, 0) is 10.0 Å². The van der Waals surface area contributed by atoms with Crippen LogP contribution < -0.4 is 10.1 Å². The average molecular weight is 383 g/mol. The molecule has 0 aliphatic carbocycles. The summed E-state index contributed by atoms with van der Waals surface area (Å²) in [5.41, 5.74) is 0.800. The number of carbonyl (C=O) groups excluding carboxylic acids is 1. The fourth-order valence-corrected chi connectivity index (χ4v) is 3.13. The van der Waals surface area contributed by atoms with Gasteiger partial charge in [0.05, 0.1) is 17.6 Å². The third kappa shape index (κ3) is 4.39. The maximum atomic E-state index is 12.4. The minimum atomic E-state index is -3.95. The maximum absolute atomic E-state index is 12.4. The minimum absolute atomic E-state index is 0.0368. The quantitative estimate of drug-likeness (QED) is 0.700. The normalized spacial score (nSPS) is 10.9. The Kier molecular flexibility index (Phi) is 5.32. The lowest BCUT2D eigenvalue weighted by Crippen LogP contribution is -2.13. The molecule has 2 aromatic carbocycles. The molecule has 1 amide bonds. The number of rotatable bonds is 6. The predicted molar refractivity (Wildman–Crippen MR) is 99.6 cm³/mol. The lowest BCUT2D eigenvalue weighted by atomic mass is 10.2. The van der Waals surface area contributed by atoms with E-state index >= 15 is 0 Å². The SMILES string of the molecule is COc1ccccc1C(=O)Nc1ccc(S(=O)(=O)[N-]c2ncccn2)cc1. The molecule has 0 radical (unpaired) electrons. The average Bonchev–Trinajstić information content (AvgIpc) is 2.68. The van der Waals surface area contributed by atoms with E-state index in [1.807, 2.05) is 0 Å². The Hall–Kier alpha value is -3.46. The number of sulfonamides is 1. The van der Waals surface area contributed by atoms with Gasteiger partial charge in [-0.1, -0.05) is 18.2 Å². The number of nitrogens with zero attached hydrogens (tertiary/aromatic N) is 3. The molecule has 1 N–H and O–H groups in total. The van der Waals surface area contributed by atoms with Gasteiger partial charge in [-0.05, 0) is 48.8 Å². The van der Waals surface area contributed by atoms with E-state index in [0.717, 1.165) is 0 Å². The first-order valence-corrected chi connectivity index (χ1v) is 9.23. The van der Waals surface area contributed by atoms with Crippen LogP contribution in [0.3, 0.4) is 0 Å². The van der Waals surface area contributed by atoms with Crippen LogP contribution in [0.2, 0.25) is 0 Å². The zero-order valence-corrected chi connectivity index (χ0v) is 15.1. The number of nitrogens with one attached hydrogen (secondary N) is 1. The van der Waals surface area contributed by atoms with E-state index in [4.69, 9.17) is 4.74 Å². The van der Waals surface area contributed by atoms with Crippen LogP contribution in [0, 0.1) is 0 Å². The van der Waals surface area contributed by atoms with E-state index in [-0.39, 0.29) is 16.8 Å². The Balaban J connectivity index is 1.74. The van der Waals surface area contributed by atoms with E-state index in [1.165, 1.54) is 43.8 Å². The van der Waals surface area contributed by atoms with Crippen molar-refractivity contribution in [2.45, 2.75) is 4.90 Å². The number of amides is 1. The molecule has 3 rings (SSSR count). The minimum Gasteiger partial charge on any atom is -0.496 e. The summed E-state index contributed by atoms with van der Waals surface area (Å²) < 4.78 is 33.3. The summed E-state index contributed by atoms with van der Waals surface area (Å²) in [7, 11) is -2.48. The third-order valence-electron chi connectivity index (χ3n) is 3.52. The molecule has 0 aliphatic rings. The molecule has 27 heavy (non-hydrogen) atoms. The van der Waals surface area contributed by atoms with Crippen LogP contribution in [0.15, 0.2) is 71.9 Å². The van der Waals surface area contributed by atoms with E-state index in [0.29, 0.717) is 17.0 Å². The number of hydrogen-bond acceptors (Lipinski definition) is 6. The van der Waals surface area contributed by atoms with Gasteiger partial charge >= 0.3 is 0 Å². The first-order valence-electron chi connectivity index (χ1n) is 7.79. The standard InChI is InChI=1S/C18H16N4O4S/c1-26-16-6-3-2-5-15(16)17(23)21-13-7-9-14(10-8-13)27(24,25)22-18-19-11-4-12-20-18/h2-12H,1H3,(H2,19,20,21,22,23)/p-1. The van der Waals surface area contributed by atoms with Gasteiger partial charge in [0.2, 0.25) is 10.0 Å². The number of carbonyl (C=O) groups is 1. The zero-order valence-electron chi connectivity index (χ0n) is 14.2. The Bertz CT molecular complexity index is 1040. The highest BCUT2D eigenvalue weighted by molar-refractivity contribution is 7.94. The summed E-state index contributed by atoms with van der Waals surface area (Å²) in [5, 5.41) is 2.69. The van der Waals surface area contributed by atoms with Gasteiger partial charge in [-0.15, -0.1) is 0 Å². The first-order chi connectivity index (χ1) is 13.0. The number of hydrogen-bond donors (Lipinski definition) is 1. The van der Waals surface area contributed by atoms with Crippen molar-refractivity contribution in [1.82, 2.24) is 9.97 Å². The van der Waals surface area contributed by atoms with Crippen molar-refractivity contribution < 1.29 is 17.9 Å². The third-order valence-corrected chi connectivity index (χ3v) is 4.79. The van der Waals surface area contributed by atoms with Crippen LogP contribution in [-0.4, -0.2) is 31.4 Å². The zero-order chi connectivity index (χ0) is 19.3. The van der Waals surface area contributed by atoms with Crippen LogP contribution in [0.4, 0.5) is 11.6 Å². The highest BCUT2D eigenvalue weighted by atomic mass is 32.2. The second-order valence-corrected chi connectivity index (χ2v) is 6.90. The van der Waals surface area contributed by atoms with Gasteiger partial charge in [0.25, 0.3) is 5.91 Å². The topological polar surface area (TPSA) is 112 Å². The second kappa shape index (κ2) is 7.83. The number of benzene rings is 2. The highest BCUT2D eigenvalue weighted by Gasteiger charge is 2.14. The molecule has 9 heteroatoms. The van der Waals surface area contributed by atoms with Crippen LogP contribution >= 0.6 is 0 Å². The van der Waals surface area contributed by atoms with Gasteiger partial charge in [0.1, 0.15) is 5.75 Å². The van der Waals surface area contributed by atoms with Crippen LogP contribution in [0.5, 0.6) is 5.75 Å². The van der Waals surface area contributed by atoms with E-state index in [2.05, 4.69) is 20.0 Å². The summed E-state index contributed by atoms with van der Waals surface area (Å²) >= 11 is 0. The van der Waals surface area contributed by atoms with E-state index < -0.39 is 10.0 Å². The van der Waals surface area contributed by atoms with Crippen molar-refractivity contribution in [2.24, 2.45) is 0 Å². The molecule has 8 nitrogen and oxygen atoms in total. The second-order valence-electron chi connectivity index (χ2n) is 5.29. The van der Waals surface area contributed by atoms with Gasteiger partial charge in [0.15, 0.2) is 0 Å². The van der Waals surface area contributed by atoms with Gasteiger partial charge in [-0.25, -0.2) is 8.42 Å². The monoisotopic (exact) mass is 383 g/mol. The first kappa shape index (κ1) is 18.3. The van der Waals surface area contributed by atoms with E-state index in [1.54, 1.807) is 30.3 Å².